The van der Waals surface area contributed by atoms with E-state index in [1.807, 2.05) is 12.1 Å². The molecule has 0 radical (unpaired) electrons. The van der Waals surface area contributed by atoms with Crippen LogP contribution in [0.3, 0.4) is 0 Å². The van der Waals surface area contributed by atoms with E-state index in [9.17, 15) is 0 Å². The average molecular weight is 384 g/mol. The Morgan fingerprint density at radius 2 is 1.55 bits per heavy atom. The summed E-state index contributed by atoms with van der Waals surface area (Å²) in [5.74, 6) is 0.661. The van der Waals surface area contributed by atoms with Crippen LogP contribution in [0.15, 0.2) is 60.7 Å². The van der Waals surface area contributed by atoms with E-state index in [1.165, 1.54) is 16.3 Å². The molecule has 0 spiro atoms. The molecule has 1 fully saturated rings. The van der Waals surface area contributed by atoms with Crippen molar-refractivity contribution in [2.45, 2.75) is 6.54 Å². The summed E-state index contributed by atoms with van der Waals surface area (Å²) in [5.41, 5.74) is 15.2. The second-order valence-electron chi connectivity index (χ2n) is 7.54. The number of anilines is 3. The van der Waals surface area contributed by atoms with E-state index in [4.69, 9.17) is 11.5 Å². The van der Waals surface area contributed by atoms with Crippen LogP contribution in [0.5, 0.6) is 0 Å². The van der Waals surface area contributed by atoms with Gasteiger partial charge >= 0.3 is 0 Å². The quantitative estimate of drug-likeness (QED) is 0.564. The van der Waals surface area contributed by atoms with Gasteiger partial charge in [0, 0.05) is 38.4 Å². The number of hydrogen-bond donors (Lipinski definition) is 2. The first-order valence-electron chi connectivity index (χ1n) is 9.95. The van der Waals surface area contributed by atoms with Crippen molar-refractivity contribution in [3.63, 3.8) is 0 Å². The molecule has 1 saturated heterocycles. The zero-order valence-corrected chi connectivity index (χ0v) is 16.3. The Labute approximate surface area is 169 Å². The Kier molecular flexibility index (Phi) is 4.41. The Morgan fingerprint density at radius 1 is 0.793 bits per heavy atom. The van der Waals surface area contributed by atoms with Gasteiger partial charge in [-0.15, -0.1) is 0 Å². The third kappa shape index (κ3) is 3.32. The lowest BCUT2D eigenvalue weighted by Crippen LogP contribution is -2.46. The number of nitrogens with zero attached hydrogens (tertiary/aromatic N) is 4. The second kappa shape index (κ2) is 7.22. The van der Waals surface area contributed by atoms with Crippen molar-refractivity contribution in [3.8, 4) is 0 Å². The predicted molar refractivity (Wildman–Crippen MR) is 120 cm³/mol. The van der Waals surface area contributed by atoms with Crippen LogP contribution < -0.4 is 16.4 Å². The second-order valence-corrected chi connectivity index (χ2v) is 7.54. The lowest BCUT2D eigenvalue weighted by Gasteiger charge is -2.36. The van der Waals surface area contributed by atoms with Crippen molar-refractivity contribution in [3.05, 3.63) is 66.2 Å². The number of hydrogen-bond acceptors (Lipinski definition) is 6. The van der Waals surface area contributed by atoms with E-state index in [0.717, 1.165) is 49.3 Å². The van der Waals surface area contributed by atoms with Gasteiger partial charge in [0.15, 0.2) is 0 Å². The molecule has 146 valence electrons. The van der Waals surface area contributed by atoms with Gasteiger partial charge in [0.25, 0.3) is 0 Å². The normalized spacial score (nSPS) is 15.2. The molecule has 6 heteroatoms. The Morgan fingerprint density at radius 3 is 2.41 bits per heavy atom. The summed E-state index contributed by atoms with van der Waals surface area (Å²) in [4.78, 5) is 13.4. The standard InChI is InChI=1S/C23H24N6/c24-22-21-19(26-23(25)27-22)9-4-10-20(21)29-13-11-28(12-14-29)15-17-7-3-6-16-5-1-2-8-18(16)17/h1-10H,11-15H2,(H4,24,25,26,27). The molecule has 0 unspecified atom stereocenters. The highest BCUT2D eigenvalue weighted by Gasteiger charge is 2.21. The third-order valence-electron chi connectivity index (χ3n) is 5.73. The summed E-state index contributed by atoms with van der Waals surface area (Å²) in [5, 5.41) is 3.53. The smallest absolute Gasteiger partial charge is 0.222 e. The molecule has 5 rings (SSSR count). The van der Waals surface area contributed by atoms with Gasteiger partial charge < -0.3 is 16.4 Å². The van der Waals surface area contributed by atoms with E-state index < -0.39 is 0 Å². The molecule has 0 saturated carbocycles. The Hall–Kier alpha value is -3.38. The predicted octanol–water partition coefficient (Wildman–Crippen LogP) is 3.27. The molecular weight excluding hydrogens is 360 g/mol. The van der Waals surface area contributed by atoms with Gasteiger partial charge in [-0.2, -0.15) is 4.98 Å². The lowest BCUT2D eigenvalue weighted by atomic mass is 10.0. The minimum Gasteiger partial charge on any atom is -0.383 e. The minimum atomic E-state index is 0.215. The van der Waals surface area contributed by atoms with Crippen LogP contribution in [0.2, 0.25) is 0 Å². The molecule has 2 heterocycles. The van der Waals surface area contributed by atoms with E-state index in [2.05, 4.69) is 68.3 Å². The van der Waals surface area contributed by atoms with Gasteiger partial charge in [0.1, 0.15) is 5.82 Å². The topological polar surface area (TPSA) is 84.3 Å². The molecule has 0 aliphatic carbocycles. The summed E-state index contributed by atoms with van der Waals surface area (Å²) in [7, 11) is 0. The summed E-state index contributed by atoms with van der Waals surface area (Å²) in [6.07, 6.45) is 0. The monoisotopic (exact) mass is 384 g/mol. The SMILES string of the molecule is Nc1nc(N)c2c(N3CCN(Cc4cccc5ccccc45)CC3)cccc2n1. The summed E-state index contributed by atoms with van der Waals surface area (Å²) < 4.78 is 0. The van der Waals surface area contributed by atoms with Crippen LogP contribution >= 0.6 is 0 Å². The van der Waals surface area contributed by atoms with Gasteiger partial charge in [0.05, 0.1) is 10.9 Å². The minimum absolute atomic E-state index is 0.215. The van der Waals surface area contributed by atoms with Crippen molar-refractivity contribution in [1.82, 2.24) is 14.9 Å². The third-order valence-corrected chi connectivity index (χ3v) is 5.73. The number of nitrogens with two attached hydrogens (primary N) is 2. The molecule has 3 aromatic carbocycles. The van der Waals surface area contributed by atoms with Crippen LogP contribution in [0.4, 0.5) is 17.5 Å². The molecule has 29 heavy (non-hydrogen) atoms. The highest BCUT2D eigenvalue weighted by molar-refractivity contribution is 5.99. The van der Waals surface area contributed by atoms with Gasteiger partial charge in [0.2, 0.25) is 5.95 Å². The molecule has 4 aromatic rings. The Balaban J connectivity index is 1.35. The number of fused-ring (bicyclic) bond motifs is 2. The van der Waals surface area contributed by atoms with Crippen molar-refractivity contribution >= 4 is 39.1 Å². The summed E-state index contributed by atoms with van der Waals surface area (Å²) in [6, 6.07) is 21.2. The van der Waals surface area contributed by atoms with Crippen molar-refractivity contribution in [2.24, 2.45) is 0 Å². The van der Waals surface area contributed by atoms with Crippen LogP contribution in [0.25, 0.3) is 21.7 Å². The Bertz CT molecular complexity index is 1180. The highest BCUT2D eigenvalue weighted by atomic mass is 15.3. The average Bonchev–Trinajstić information content (AvgIpc) is 2.74. The van der Waals surface area contributed by atoms with E-state index >= 15 is 0 Å². The fourth-order valence-electron chi connectivity index (χ4n) is 4.29. The molecule has 6 nitrogen and oxygen atoms in total. The summed E-state index contributed by atoms with van der Waals surface area (Å²) >= 11 is 0. The van der Waals surface area contributed by atoms with Crippen LogP contribution in [0, 0.1) is 0 Å². The molecule has 1 aliphatic heterocycles. The maximum atomic E-state index is 6.18. The fraction of sp³-hybridized carbons (Fsp3) is 0.217. The largest absolute Gasteiger partial charge is 0.383 e. The van der Waals surface area contributed by atoms with E-state index in [-0.39, 0.29) is 5.95 Å². The van der Waals surface area contributed by atoms with Crippen LogP contribution in [-0.2, 0) is 6.54 Å². The highest BCUT2D eigenvalue weighted by Crippen LogP contribution is 2.31. The van der Waals surface area contributed by atoms with Crippen molar-refractivity contribution in [1.29, 1.82) is 0 Å². The molecule has 0 amide bonds. The number of piperazine rings is 1. The molecular formula is C23H24N6. The molecule has 1 aromatic heterocycles. The van der Waals surface area contributed by atoms with Gasteiger partial charge in [-0.1, -0.05) is 48.5 Å². The number of nitrogen functional groups attached to an aromatic ring is 2. The van der Waals surface area contributed by atoms with E-state index in [0.29, 0.717) is 5.82 Å². The van der Waals surface area contributed by atoms with Crippen molar-refractivity contribution < 1.29 is 0 Å². The van der Waals surface area contributed by atoms with E-state index in [1.54, 1.807) is 0 Å². The zero-order chi connectivity index (χ0) is 19.8. The first-order valence-corrected chi connectivity index (χ1v) is 9.95. The fourth-order valence-corrected chi connectivity index (χ4v) is 4.29. The number of rotatable bonds is 3. The van der Waals surface area contributed by atoms with Crippen LogP contribution in [0.1, 0.15) is 5.56 Å². The molecule has 1 aliphatic rings. The molecule has 0 atom stereocenters. The van der Waals surface area contributed by atoms with Gasteiger partial charge in [-0.3, -0.25) is 4.90 Å². The van der Waals surface area contributed by atoms with Gasteiger partial charge in [-0.05, 0) is 28.5 Å². The maximum absolute atomic E-state index is 6.18. The number of aromatic nitrogens is 2. The maximum Gasteiger partial charge on any atom is 0.222 e. The first kappa shape index (κ1) is 17.7. The van der Waals surface area contributed by atoms with Crippen LogP contribution in [-0.4, -0.2) is 41.0 Å². The zero-order valence-electron chi connectivity index (χ0n) is 16.3. The lowest BCUT2D eigenvalue weighted by molar-refractivity contribution is 0.251. The first-order chi connectivity index (χ1) is 14.2. The molecule has 0 bridgehead atoms. The van der Waals surface area contributed by atoms with Crippen molar-refractivity contribution in [2.75, 3.05) is 42.5 Å². The van der Waals surface area contributed by atoms with Gasteiger partial charge in [-0.25, -0.2) is 4.98 Å². The number of benzene rings is 3. The summed E-state index contributed by atoms with van der Waals surface area (Å²) in [6.45, 7) is 4.83. The molecule has 4 N–H and O–H groups in total.